The summed E-state index contributed by atoms with van der Waals surface area (Å²) in [6, 6.07) is 0. The highest BCUT2D eigenvalue weighted by Crippen LogP contribution is 2.12. The van der Waals surface area contributed by atoms with Crippen molar-refractivity contribution in [2.45, 2.75) is 32.2 Å². The molecule has 4 N–H and O–H groups in total. The van der Waals surface area contributed by atoms with Gasteiger partial charge in [-0.15, -0.1) is 12.4 Å². The molecule has 1 unspecified atom stereocenters. The summed E-state index contributed by atoms with van der Waals surface area (Å²) in [5, 5.41) is 11.6. The molecule has 0 saturated carbocycles. The molecule has 0 spiro atoms. The quantitative estimate of drug-likeness (QED) is 0.616. The number of carboxylic acid groups (broad SMARTS) is 1. The Bertz CT molecular complexity index is 304. The van der Waals surface area contributed by atoms with E-state index in [1.807, 2.05) is 6.92 Å². The number of hydrogen-bond acceptors (Lipinski definition) is 3. The van der Waals surface area contributed by atoms with Crippen LogP contribution in [0.1, 0.15) is 26.7 Å². The van der Waals surface area contributed by atoms with Crippen LogP contribution < -0.4 is 11.1 Å². The van der Waals surface area contributed by atoms with Crippen molar-refractivity contribution in [1.29, 1.82) is 0 Å². The Balaban J connectivity index is 0. The van der Waals surface area contributed by atoms with Crippen molar-refractivity contribution < 1.29 is 14.3 Å². The second kappa shape index (κ2) is 8.08. The maximum Gasteiger partial charge on any atom is 0.327 e. The summed E-state index contributed by atoms with van der Waals surface area (Å²) >= 11 is 0. The van der Waals surface area contributed by atoms with Gasteiger partial charge in [-0.25, -0.2) is 9.18 Å². The molecule has 0 amide bonds. The highest BCUT2D eigenvalue weighted by molar-refractivity contribution is 5.85. The number of allylic oxidation sites excluding steroid dienone is 2. The van der Waals surface area contributed by atoms with Gasteiger partial charge in [-0.1, -0.05) is 6.58 Å². The van der Waals surface area contributed by atoms with Gasteiger partial charge in [-0.05, 0) is 26.3 Å². The third-order valence-corrected chi connectivity index (χ3v) is 1.94. The minimum absolute atomic E-state index is 0. The smallest absolute Gasteiger partial charge is 0.327 e. The van der Waals surface area contributed by atoms with E-state index in [1.54, 1.807) is 0 Å². The zero-order valence-electron chi connectivity index (χ0n) is 10.1. The van der Waals surface area contributed by atoms with Gasteiger partial charge in [-0.2, -0.15) is 0 Å². The van der Waals surface area contributed by atoms with Crippen LogP contribution >= 0.6 is 12.4 Å². The summed E-state index contributed by atoms with van der Waals surface area (Å²) in [6.45, 7) is 7.30. The summed E-state index contributed by atoms with van der Waals surface area (Å²) in [5.41, 5.74) is 4.54. The highest BCUT2D eigenvalue weighted by Gasteiger charge is 2.25. The van der Waals surface area contributed by atoms with Crippen molar-refractivity contribution in [3.05, 3.63) is 24.2 Å². The fraction of sp³-hybridized carbons (Fsp3) is 0.545. The Morgan fingerprint density at radius 3 is 2.59 bits per heavy atom. The minimum Gasteiger partial charge on any atom is -0.480 e. The molecule has 4 nitrogen and oxygen atoms in total. The SMILES string of the molecule is C=C(C)NCCC/C(F)=C/C(C)(N)C(=O)O.Cl. The monoisotopic (exact) mass is 266 g/mol. The van der Waals surface area contributed by atoms with E-state index < -0.39 is 17.3 Å². The molecule has 0 heterocycles. The molecule has 0 radical (unpaired) electrons. The van der Waals surface area contributed by atoms with Gasteiger partial charge < -0.3 is 16.2 Å². The standard InChI is InChI=1S/C11H19FN2O2.ClH/c1-8(2)14-6-4-5-9(12)7-11(3,13)10(15)16;/h7,14H,1,4-6,13H2,2-3H3,(H,15,16);1H/b9-7-;. The molecule has 0 aliphatic heterocycles. The second-order valence-corrected chi connectivity index (χ2v) is 3.99. The largest absolute Gasteiger partial charge is 0.480 e. The molecule has 0 rings (SSSR count). The van der Waals surface area contributed by atoms with Crippen molar-refractivity contribution in [2.24, 2.45) is 5.73 Å². The van der Waals surface area contributed by atoms with Gasteiger partial charge in [0.1, 0.15) is 5.54 Å². The normalized spacial score (nSPS) is 14.5. The Morgan fingerprint density at radius 2 is 2.18 bits per heavy atom. The molecule has 0 fully saturated rings. The van der Waals surface area contributed by atoms with Crippen LogP contribution in [0.4, 0.5) is 4.39 Å². The van der Waals surface area contributed by atoms with E-state index in [0.717, 1.165) is 11.8 Å². The number of rotatable bonds is 7. The lowest BCUT2D eigenvalue weighted by atomic mass is 10.0. The number of hydrogen-bond donors (Lipinski definition) is 3. The number of halogens is 2. The summed E-state index contributed by atoms with van der Waals surface area (Å²) < 4.78 is 13.3. The molecular weight excluding hydrogens is 247 g/mol. The average molecular weight is 267 g/mol. The first-order valence-electron chi connectivity index (χ1n) is 5.04. The maximum atomic E-state index is 13.3. The van der Waals surface area contributed by atoms with E-state index in [4.69, 9.17) is 10.8 Å². The lowest BCUT2D eigenvalue weighted by molar-refractivity contribution is -0.140. The van der Waals surface area contributed by atoms with Gasteiger partial charge in [0, 0.05) is 18.7 Å². The summed E-state index contributed by atoms with van der Waals surface area (Å²) in [4.78, 5) is 10.6. The number of nitrogens with one attached hydrogen (secondary N) is 1. The van der Waals surface area contributed by atoms with Crippen LogP contribution in [0, 0.1) is 0 Å². The van der Waals surface area contributed by atoms with Gasteiger partial charge in [-0.3, -0.25) is 0 Å². The van der Waals surface area contributed by atoms with Crippen LogP contribution in [0.2, 0.25) is 0 Å². The third kappa shape index (κ3) is 8.71. The van der Waals surface area contributed by atoms with Gasteiger partial charge in [0.05, 0.1) is 5.83 Å². The molecule has 17 heavy (non-hydrogen) atoms. The van der Waals surface area contributed by atoms with Gasteiger partial charge >= 0.3 is 5.97 Å². The third-order valence-electron chi connectivity index (χ3n) is 1.94. The van der Waals surface area contributed by atoms with Crippen LogP contribution in [0.5, 0.6) is 0 Å². The Hall–Kier alpha value is -1.07. The molecule has 0 aromatic carbocycles. The first-order valence-corrected chi connectivity index (χ1v) is 5.04. The lowest BCUT2D eigenvalue weighted by Gasteiger charge is -2.14. The second-order valence-electron chi connectivity index (χ2n) is 3.99. The fourth-order valence-corrected chi connectivity index (χ4v) is 1.02. The predicted molar refractivity (Wildman–Crippen MR) is 68.7 cm³/mol. The van der Waals surface area contributed by atoms with Crippen molar-refractivity contribution >= 4 is 18.4 Å². The van der Waals surface area contributed by atoms with E-state index in [1.165, 1.54) is 6.92 Å². The van der Waals surface area contributed by atoms with Crippen LogP contribution in [0.25, 0.3) is 0 Å². The van der Waals surface area contributed by atoms with Crippen LogP contribution in [-0.4, -0.2) is 23.2 Å². The molecule has 100 valence electrons. The molecule has 0 aromatic rings. The predicted octanol–water partition coefficient (Wildman–Crippen LogP) is 1.97. The van der Waals surface area contributed by atoms with Crippen molar-refractivity contribution in [1.82, 2.24) is 5.32 Å². The van der Waals surface area contributed by atoms with E-state index in [-0.39, 0.29) is 18.8 Å². The zero-order valence-corrected chi connectivity index (χ0v) is 10.9. The van der Waals surface area contributed by atoms with E-state index in [9.17, 15) is 9.18 Å². The van der Waals surface area contributed by atoms with Crippen LogP contribution in [0.3, 0.4) is 0 Å². The van der Waals surface area contributed by atoms with Crippen LogP contribution in [0.15, 0.2) is 24.2 Å². The summed E-state index contributed by atoms with van der Waals surface area (Å²) in [5.74, 6) is -1.75. The molecule has 1 atom stereocenters. The Morgan fingerprint density at radius 1 is 1.65 bits per heavy atom. The van der Waals surface area contributed by atoms with Crippen LogP contribution in [-0.2, 0) is 4.79 Å². The summed E-state index contributed by atoms with van der Waals surface area (Å²) in [6.07, 6.45) is 1.67. The van der Waals surface area contributed by atoms with Gasteiger partial charge in [0.25, 0.3) is 0 Å². The lowest BCUT2D eigenvalue weighted by Crippen LogP contribution is -2.42. The number of carbonyl (C=O) groups is 1. The molecule has 0 aliphatic carbocycles. The molecule has 0 aromatic heterocycles. The average Bonchev–Trinajstić information content (AvgIpc) is 2.11. The number of nitrogens with two attached hydrogens (primary N) is 1. The van der Waals surface area contributed by atoms with Gasteiger partial charge in [0.2, 0.25) is 0 Å². The van der Waals surface area contributed by atoms with E-state index >= 15 is 0 Å². The van der Waals surface area contributed by atoms with Crippen molar-refractivity contribution in [3.63, 3.8) is 0 Å². The fourth-order valence-electron chi connectivity index (χ4n) is 1.02. The first-order chi connectivity index (χ1) is 7.25. The van der Waals surface area contributed by atoms with Crippen molar-refractivity contribution in [3.8, 4) is 0 Å². The van der Waals surface area contributed by atoms with E-state index in [2.05, 4.69) is 11.9 Å². The zero-order chi connectivity index (χ0) is 12.8. The Labute approximate surface area is 107 Å². The Kier molecular flexibility index (Phi) is 8.70. The number of carboxylic acids is 1. The highest BCUT2D eigenvalue weighted by atomic mass is 35.5. The topological polar surface area (TPSA) is 75.3 Å². The van der Waals surface area contributed by atoms with Crippen molar-refractivity contribution in [2.75, 3.05) is 6.54 Å². The van der Waals surface area contributed by atoms with Gasteiger partial charge in [0.15, 0.2) is 0 Å². The molecule has 0 saturated heterocycles. The maximum absolute atomic E-state index is 13.3. The number of aliphatic carboxylic acids is 1. The summed E-state index contributed by atoms with van der Waals surface area (Å²) in [7, 11) is 0. The molecule has 6 heteroatoms. The first kappa shape index (κ1) is 18.3. The molecular formula is C11H20ClFN2O2. The molecule has 0 aliphatic rings. The molecule has 0 bridgehead atoms. The van der Waals surface area contributed by atoms with E-state index in [0.29, 0.717) is 13.0 Å². The minimum atomic E-state index is -1.65.